The van der Waals surface area contributed by atoms with E-state index in [9.17, 15) is 0 Å². The lowest BCUT2D eigenvalue weighted by molar-refractivity contribution is 0.113. The highest BCUT2D eigenvalue weighted by Crippen LogP contribution is 2.36. The first-order chi connectivity index (χ1) is 9.17. The van der Waals surface area contributed by atoms with Gasteiger partial charge in [-0.25, -0.2) is 0 Å². The summed E-state index contributed by atoms with van der Waals surface area (Å²) in [5.41, 5.74) is 1.80. The van der Waals surface area contributed by atoms with Crippen molar-refractivity contribution in [1.82, 2.24) is 10.2 Å². The van der Waals surface area contributed by atoms with Gasteiger partial charge >= 0.3 is 0 Å². The van der Waals surface area contributed by atoms with Crippen LogP contribution in [0.25, 0.3) is 0 Å². The van der Waals surface area contributed by atoms with E-state index in [1.54, 1.807) is 0 Å². The summed E-state index contributed by atoms with van der Waals surface area (Å²) in [6.45, 7) is 7.12. The molecule has 0 amide bonds. The van der Waals surface area contributed by atoms with Crippen LogP contribution in [0.15, 0.2) is 30.3 Å². The van der Waals surface area contributed by atoms with Crippen LogP contribution in [-0.2, 0) is 0 Å². The molecule has 2 heteroatoms. The maximum atomic E-state index is 3.73. The van der Waals surface area contributed by atoms with E-state index in [1.165, 1.54) is 37.8 Å². The van der Waals surface area contributed by atoms with E-state index in [0.29, 0.717) is 11.6 Å². The number of likely N-dealkylation sites (tertiary alicyclic amines) is 1. The van der Waals surface area contributed by atoms with Gasteiger partial charge in [0.05, 0.1) is 0 Å². The second-order valence-electron chi connectivity index (χ2n) is 6.72. The lowest BCUT2D eigenvalue weighted by Gasteiger charge is -2.39. The van der Waals surface area contributed by atoms with Crippen molar-refractivity contribution in [3.8, 4) is 0 Å². The van der Waals surface area contributed by atoms with Crippen LogP contribution >= 0.6 is 0 Å². The fraction of sp³-hybridized carbons (Fsp3) is 0.647. The minimum absolute atomic E-state index is 0.339. The van der Waals surface area contributed by atoms with Gasteiger partial charge in [0.15, 0.2) is 0 Å². The predicted octanol–water partition coefficient (Wildman–Crippen LogP) is 3.35. The third kappa shape index (κ3) is 3.01. The molecule has 1 saturated carbocycles. The van der Waals surface area contributed by atoms with Crippen molar-refractivity contribution in [3.05, 3.63) is 35.9 Å². The number of rotatable bonds is 5. The van der Waals surface area contributed by atoms with Crippen molar-refractivity contribution >= 4 is 0 Å². The lowest BCUT2D eigenvalue weighted by atomic mass is 9.97. The predicted molar refractivity (Wildman–Crippen MR) is 80.2 cm³/mol. The van der Waals surface area contributed by atoms with Crippen LogP contribution in [0.1, 0.15) is 51.1 Å². The van der Waals surface area contributed by atoms with Gasteiger partial charge in [0, 0.05) is 24.2 Å². The number of benzene rings is 1. The van der Waals surface area contributed by atoms with Crippen molar-refractivity contribution in [2.75, 3.05) is 13.1 Å². The quantitative estimate of drug-likeness (QED) is 0.871. The first-order valence-electron chi connectivity index (χ1n) is 7.72. The molecule has 1 heterocycles. The molecule has 1 saturated heterocycles. The Labute approximate surface area is 117 Å². The highest BCUT2D eigenvalue weighted by molar-refractivity contribution is 5.21. The van der Waals surface area contributed by atoms with Gasteiger partial charge in [-0.05, 0) is 51.6 Å². The zero-order valence-electron chi connectivity index (χ0n) is 12.2. The summed E-state index contributed by atoms with van der Waals surface area (Å²) in [6.07, 6.45) is 5.38. The third-order valence-electron chi connectivity index (χ3n) is 4.70. The second-order valence-corrected chi connectivity index (χ2v) is 6.72. The van der Waals surface area contributed by atoms with Crippen LogP contribution in [0.5, 0.6) is 0 Å². The maximum absolute atomic E-state index is 3.73. The molecule has 3 rings (SSSR count). The molecule has 0 aromatic heterocycles. The SMILES string of the molecule is CC1(C)CCCN1C(CNC1CC1)c1ccccc1. The first kappa shape index (κ1) is 13.1. The minimum atomic E-state index is 0.339. The zero-order valence-corrected chi connectivity index (χ0v) is 12.2. The Kier molecular flexibility index (Phi) is 3.64. The normalized spacial score (nSPS) is 24.5. The van der Waals surface area contributed by atoms with Crippen molar-refractivity contribution in [1.29, 1.82) is 0 Å². The number of hydrogen-bond acceptors (Lipinski definition) is 2. The van der Waals surface area contributed by atoms with Gasteiger partial charge in [0.1, 0.15) is 0 Å². The Hall–Kier alpha value is -0.860. The summed E-state index contributed by atoms with van der Waals surface area (Å²) in [7, 11) is 0. The van der Waals surface area contributed by atoms with Crippen LogP contribution in [0.2, 0.25) is 0 Å². The first-order valence-corrected chi connectivity index (χ1v) is 7.72. The molecule has 1 aromatic carbocycles. The standard InChI is InChI=1S/C17H26N2/c1-17(2)11-6-12-19(17)16(13-18-15-9-10-15)14-7-4-3-5-8-14/h3-5,7-8,15-16,18H,6,9-13H2,1-2H3. The number of nitrogens with zero attached hydrogens (tertiary/aromatic N) is 1. The summed E-state index contributed by atoms with van der Waals surface area (Å²) < 4.78 is 0. The third-order valence-corrected chi connectivity index (χ3v) is 4.70. The van der Waals surface area contributed by atoms with Crippen molar-refractivity contribution in [2.45, 2.75) is 57.2 Å². The van der Waals surface area contributed by atoms with E-state index in [4.69, 9.17) is 0 Å². The smallest absolute Gasteiger partial charge is 0.0478 e. The molecule has 1 atom stereocenters. The monoisotopic (exact) mass is 258 g/mol. The second kappa shape index (κ2) is 5.26. The van der Waals surface area contributed by atoms with Gasteiger partial charge < -0.3 is 5.32 Å². The molecule has 2 fully saturated rings. The molecule has 1 N–H and O–H groups in total. The molecule has 1 aliphatic carbocycles. The Morgan fingerprint density at radius 2 is 2.00 bits per heavy atom. The highest BCUT2D eigenvalue weighted by atomic mass is 15.3. The molecule has 1 unspecified atom stereocenters. The van der Waals surface area contributed by atoms with Gasteiger partial charge in [-0.2, -0.15) is 0 Å². The summed E-state index contributed by atoms with van der Waals surface area (Å²) in [4.78, 5) is 2.71. The van der Waals surface area contributed by atoms with Crippen LogP contribution in [0, 0.1) is 0 Å². The van der Waals surface area contributed by atoms with Crippen LogP contribution < -0.4 is 5.32 Å². The molecule has 2 aliphatic rings. The van der Waals surface area contributed by atoms with Crippen molar-refractivity contribution in [3.63, 3.8) is 0 Å². The van der Waals surface area contributed by atoms with Gasteiger partial charge in [-0.1, -0.05) is 30.3 Å². The van der Waals surface area contributed by atoms with Gasteiger partial charge in [-0.3, -0.25) is 4.90 Å². The summed E-state index contributed by atoms with van der Waals surface area (Å²) in [5, 5.41) is 3.73. The van der Waals surface area contributed by atoms with E-state index in [-0.39, 0.29) is 0 Å². The molecular formula is C17H26N2. The van der Waals surface area contributed by atoms with Crippen molar-refractivity contribution in [2.24, 2.45) is 0 Å². The average molecular weight is 258 g/mol. The fourth-order valence-electron chi connectivity index (χ4n) is 3.35. The van der Waals surface area contributed by atoms with E-state index >= 15 is 0 Å². The minimum Gasteiger partial charge on any atom is -0.312 e. The average Bonchev–Trinajstić information content (AvgIpc) is 3.16. The topological polar surface area (TPSA) is 15.3 Å². The Bertz CT molecular complexity index is 409. The van der Waals surface area contributed by atoms with Crippen LogP contribution in [-0.4, -0.2) is 29.6 Å². The lowest BCUT2D eigenvalue weighted by Crippen LogP contribution is -2.44. The van der Waals surface area contributed by atoms with E-state index in [0.717, 1.165) is 12.6 Å². The highest BCUT2D eigenvalue weighted by Gasteiger charge is 2.37. The molecule has 1 aromatic rings. The molecule has 19 heavy (non-hydrogen) atoms. The fourth-order valence-corrected chi connectivity index (χ4v) is 3.35. The Morgan fingerprint density at radius 1 is 1.26 bits per heavy atom. The van der Waals surface area contributed by atoms with E-state index < -0.39 is 0 Å². The molecule has 104 valence electrons. The van der Waals surface area contributed by atoms with Crippen molar-refractivity contribution < 1.29 is 0 Å². The van der Waals surface area contributed by atoms with Gasteiger partial charge in [0.2, 0.25) is 0 Å². The van der Waals surface area contributed by atoms with Gasteiger partial charge in [0.25, 0.3) is 0 Å². The van der Waals surface area contributed by atoms with Crippen LogP contribution in [0.4, 0.5) is 0 Å². The molecule has 0 bridgehead atoms. The molecule has 2 nitrogen and oxygen atoms in total. The molecular weight excluding hydrogens is 232 g/mol. The largest absolute Gasteiger partial charge is 0.312 e. The number of hydrogen-bond donors (Lipinski definition) is 1. The van der Waals surface area contributed by atoms with Crippen LogP contribution in [0.3, 0.4) is 0 Å². The van der Waals surface area contributed by atoms with Gasteiger partial charge in [-0.15, -0.1) is 0 Å². The Balaban J connectivity index is 1.78. The number of nitrogens with one attached hydrogen (secondary N) is 1. The molecule has 0 radical (unpaired) electrons. The summed E-state index contributed by atoms with van der Waals surface area (Å²) >= 11 is 0. The molecule has 0 spiro atoms. The van der Waals surface area contributed by atoms with E-state index in [1.807, 2.05) is 0 Å². The summed E-state index contributed by atoms with van der Waals surface area (Å²) in [5.74, 6) is 0. The maximum Gasteiger partial charge on any atom is 0.0478 e. The zero-order chi connectivity index (χ0) is 13.3. The van der Waals surface area contributed by atoms with E-state index in [2.05, 4.69) is 54.4 Å². The Morgan fingerprint density at radius 3 is 2.58 bits per heavy atom. The molecule has 1 aliphatic heterocycles. The summed E-state index contributed by atoms with van der Waals surface area (Å²) in [6, 6.07) is 12.3.